The molecule has 4 rings (SSSR count). The molecular formula is C21H18N6O3. The molecule has 0 aliphatic carbocycles. The number of imidazole rings is 1. The summed E-state index contributed by atoms with van der Waals surface area (Å²) in [6, 6.07) is 15.5. The predicted molar refractivity (Wildman–Crippen MR) is 111 cm³/mol. The Hall–Kier alpha value is -4.40. The molecule has 150 valence electrons. The van der Waals surface area contributed by atoms with E-state index in [9.17, 15) is 14.4 Å². The molecule has 0 radical (unpaired) electrons. The first kappa shape index (κ1) is 18.9. The van der Waals surface area contributed by atoms with E-state index < -0.39 is 0 Å². The number of nitrogens with one attached hydrogen (secondary N) is 3. The van der Waals surface area contributed by atoms with Gasteiger partial charge in [0.25, 0.3) is 5.91 Å². The number of aromatic amines is 1. The second-order valence-electron chi connectivity index (χ2n) is 6.41. The molecule has 0 aliphatic heterocycles. The van der Waals surface area contributed by atoms with Crippen molar-refractivity contribution in [1.29, 1.82) is 0 Å². The first-order chi connectivity index (χ1) is 14.6. The van der Waals surface area contributed by atoms with Gasteiger partial charge in [0.1, 0.15) is 0 Å². The van der Waals surface area contributed by atoms with Crippen LogP contribution in [-0.2, 0) is 4.79 Å². The number of hydrogen-bond acceptors (Lipinski definition) is 4. The average Bonchev–Trinajstić information content (AvgIpc) is 3.45. The van der Waals surface area contributed by atoms with Gasteiger partial charge in [0.2, 0.25) is 5.91 Å². The summed E-state index contributed by atoms with van der Waals surface area (Å²) in [6.07, 6.45) is 6.65. The zero-order valence-electron chi connectivity index (χ0n) is 15.8. The zero-order valence-corrected chi connectivity index (χ0v) is 15.8. The van der Waals surface area contributed by atoms with Gasteiger partial charge in [0.05, 0.1) is 17.9 Å². The van der Waals surface area contributed by atoms with Crippen LogP contribution in [0.5, 0.6) is 0 Å². The predicted octanol–water partition coefficient (Wildman–Crippen LogP) is 1.72. The van der Waals surface area contributed by atoms with Crippen molar-refractivity contribution in [2.75, 3.05) is 11.9 Å². The van der Waals surface area contributed by atoms with Crippen molar-refractivity contribution < 1.29 is 9.59 Å². The fraction of sp³-hybridized carbons (Fsp3) is 0.0476. The maximum Gasteiger partial charge on any atom is 0.330 e. The normalized spacial score (nSPS) is 10.5. The number of hydrogen-bond donors (Lipinski definition) is 3. The summed E-state index contributed by atoms with van der Waals surface area (Å²) in [4.78, 5) is 38.6. The minimum atomic E-state index is -0.382. The van der Waals surface area contributed by atoms with Crippen LogP contribution in [0.4, 0.5) is 5.69 Å². The number of benzene rings is 2. The SMILES string of the molecule is O=C(CNC(=O)c1ccc(-n2cc[nH]c2=O)cc1)Nc1ccc(-n2cccn2)cc1. The van der Waals surface area contributed by atoms with Crippen LogP contribution >= 0.6 is 0 Å². The van der Waals surface area contributed by atoms with E-state index >= 15 is 0 Å². The standard InChI is InChI=1S/C21H18N6O3/c28-19(25-16-4-8-18(9-5-16)27-12-1-10-24-27)14-23-20(29)15-2-6-17(7-3-15)26-13-11-22-21(26)30/h1-13H,14H2,(H,22,30)(H,23,29)(H,25,28). The van der Waals surface area contributed by atoms with Crippen molar-refractivity contribution in [3.05, 3.63) is 95.4 Å². The molecule has 2 heterocycles. The lowest BCUT2D eigenvalue weighted by molar-refractivity contribution is -0.115. The van der Waals surface area contributed by atoms with E-state index in [-0.39, 0.29) is 24.0 Å². The Morgan fingerprint density at radius 3 is 2.33 bits per heavy atom. The van der Waals surface area contributed by atoms with E-state index in [2.05, 4.69) is 20.7 Å². The van der Waals surface area contributed by atoms with E-state index in [4.69, 9.17) is 0 Å². The van der Waals surface area contributed by atoms with Crippen molar-refractivity contribution in [2.24, 2.45) is 0 Å². The molecular weight excluding hydrogens is 384 g/mol. The largest absolute Gasteiger partial charge is 0.343 e. The second-order valence-corrected chi connectivity index (χ2v) is 6.41. The smallest absolute Gasteiger partial charge is 0.330 e. The summed E-state index contributed by atoms with van der Waals surface area (Å²) in [5.74, 6) is -0.724. The number of rotatable bonds is 6. The Balaban J connectivity index is 1.31. The number of carbonyl (C=O) groups is 2. The summed E-state index contributed by atoms with van der Waals surface area (Å²) >= 11 is 0. The van der Waals surface area contributed by atoms with E-state index in [1.807, 2.05) is 24.4 Å². The Kier molecular flexibility index (Phi) is 5.25. The van der Waals surface area contributed by atoms with Gasteiger partial charge in [0.15, 0.2) is 0 Å². The van der Waals surface area contributed by atoms with Gasteiger partial charge in [-0.25, -0.2) is 9.48 Å². The van der Waals surface area contributed by atoms with Crippen LogP contribution in [0.3, 0.4) is 0 Å². The number of aromatic nitrogens is 4. The average molecular weight is 402 g/mol. The molecule has 0 saturated heterocycles. The van der Waals surface area contributed by atoms with Gasteiger partial charge in [-0.15, -0.1) is 0 Å². The van der Waals surface area contributed by atoms with Gasteiger partial charge in [-0.2, -0.15) is 5.10 Å². The van der Waals surface area contributed by atoms with Crippen LogP contribution in [-0.4, -0.2) is 37.7 Å². The number of anilines is 1. The molecule has 0 fully saturated rings. The van der Waals surface area contributed by atoms with Crippen molar-refractivity contribution in [1.82, 2.24) is 24.6 Å². The molecule has 9 heteroatoms. The molecule has 4 aromatic rings. The van der Waals surface area contributed by atoms with Gasteiger partial charge >= 0.3 is 5.69 Å². The highest BCUT2D eigenvalue weighted by Gasteiger charge is 2.09. The quantitative estimate of drug-likeness (QED) is 0.456. The molecule has 0 saturated carbocycles. The van der Waals surface area contributed by atoms with Crippen LogP contribution in [0, 0.1) is 0 Å². The van der Waals surface area contributed by atoms with Gasteiger partial charge < -0.3 is 15.6 Å². The molecule has 0 atom stereocenters. The van der Waals surface area contributed by atoms with Crippen molar-refractivity contribution in [2.45, 2.75) is 0 Å². The molecule has 3 N–H and O–H groups in total. The lowest BCUT2D eigenvalue weighted by Gasteiger charge is -2.08. The number of nitrogens with zero attached hydrogens (tertiary/aromatic N) is 3. The summed E-state index contributed by atoms with van der Waals surface area (Å²) < 4.78 is 3.14. The molecule has 30 heavy (non-hydrogen) atoms. The van der Waals surface area contributed by atoms with Crippen LogP contribution in [0.1, 0.15) is 10.4 Å². The van der Waals surface area contributed by atoms with Crippen LogP contribution in [0.25, 0.3) is 11.4 Å². The van der Waals surface area contributed by atoms with Crippen molar-refractivity contribution in [3.8, 4) is 11.4 Å². The lowest BCUT2D eigenvalue weighted by Crippen LogP contribution is -2.32. The molecule has 2 aromatic heterocycles. The highest BCUT2D eigenvalue weighted by atomic mass is 16.2. The molecule has 0 unspecified atom stereocenters. The number of carbonyl (C=O) groups excluding carboxylic acids is 2. The maximum absolute atomic E-state index is 12.3. The summed E-state index contributed by atoms with van der Waals surface area (Å²) in [7, 11) is 0. The monoisotopic (exact) mass is 402 g/mol. The van der Waals surface area contributed by atoms with Crippen molar-refractivity contribution in [3.63, 3.8) is 0 Å². The molecule has 2 aromatic carbocycles. The second kappa shape index (κ2) is 8.31. The fourth-order valence-corrected chi connectivity index (χ4v) is 2.88. The van der Waals surface area contributed by atoms with Crippen LogP contribution < -0.4 is 16.3 Å². The van der Waals surface area contributed by atoms with E-state index in [1.165, 1.54) is 10.8 Å². The van der Waals surface area contributed by atoms with E-state index in [0.29, 0.717) is 16.9 Å². The van der Waals surface area contributed by atoms with Crippen LogP contribution in [0.15, 0.2) is 84.2 Å². The van der Waals surface area contributed by atoms with E-state index in [1.54, 1.807) is 53.5 Å². The highest BCUT2D eigenvalue weighted by Crippen LogP contribution is 2.12. The highest BCUT2D eigenvalue weighted by molar-refractivity contribution is 5.99. The Bertz CT molecular complexity index is 1200. The summed E-state index contributed by atoms with van der Waals surface area (Å²) in [6.45, 7) is -0.168. The lowest BCUT2D eigenvalue weighted by atomic mass is 10.2. The molecule has 0 bridgehead atoms. The van der Waals surface area contributed by atoms with E-state index in [0.717, 1.165) is 5.69 Å². The maximum atomic E-state index is 12.3. The number of amides is 2. The summed E-state index contributed by atoms with van der Waals surface area (Å²) in [5.41, 5.74) is 2.25. The van der Waals surface area contributed by atoms with Crippen LogP contribution in [0.2, 0.25) is 0 Å². The van der Waals surface area contributed by atoms with Crippen molar-refractivity contribution >= 4 is 17.5 Å². The topological polar surface area (TPSA) is 114 Å². The Morgan fingerprint density at radius 2 is 1.70 bits per heavy atom. The Labute approximate surface area is 171 Å². The minimum absolute atomic E-state index is 0.168. The third-order valence-corrected chi connectivity index (χ3v) is 4.39. The molecule has 2 amide bonds. The Morgan fingerprint density at radius 1 is 0.967 bits per heavy atom. The first-order valence-electron chi connectivity index (χ1n) is 9.15. The first-order valence-corrected chi connectivity index (χ1v) is 9.15. The molecule has 9 nitrogen and oxygen atoms in total. The fourth-order valence-electron chi connectivity index (χ4n) is 2.88. The minimum Gasteiger partial charge on any atom is -0.343 e. The van der Waals surface area contributed by atoms with Gasteiger partial charge in [-0.1, -0.05) is 0 Å². The third-order valence-electron chi connectivity index (χ3n) is 4.39. The van der Waals surface area contributed by atoms with Gasteiger partial charge in [-0.05, 0) is 54.6 Å². The number of H-pyrrole nitrogens is 1. The third kappa shape index (κ3) is 4.20. The summed E-state index contributed by atoms with van der Waals surface area (Å²) in [5, 5.41) is 9.45. The van der Waals surface area contributed by atoms with Gasteiger partial charge in [-0.3, -0.25) is 14.2 Å². The molecule has 0 aliphatic rings. The van der Waals surface area contributed by atoms with Gasteiger partial charge in [0, 0.05) is 36.0 Å². The zero-order chi connectivity index (χ0) is 20.9. The molecule has 0 spiro atoms.